The van der Waals surface area contributed by atoms with Gasteiger partial charge >= 0.3 is 5.69 Å². The summed E-state index contributed by atoms with van der Waals surface area (Å²) in [6.07, 6.45) is 3.85. The van der Waals surface area contributed by atoms with Crippen LogP contribution in [0.15, 0.2) is 52.2 Å². The van der Waals surface area contributed by atoms with Crippen LogP contribution in [0.5, 0.6) is 11.5 Å². The maximum Gasteiger partial charge on any atom is 0.333 e. The molecule has 0 bridgehead atoms. The molecule has 30 heavy (non-hydrogen) atoms. The Bertz CT molecular complexity index is 1380. The van der Waals surface area contributed by atoms with Crippen LogP contribution in [0.3, 0.4) is 0 Å². The number of aromatic nitrogens is 4. The van der Waals surface area contributed by atoms with Crippen molar-refractivity contribution in [3.05, 3.63) is 69.0 Å². The molecule has 4 aromatic rings. The largest absolute Gasteiger partial charge is 0.497 e. The summed E-state index contributed by atoms with van der Waals surface area (Å²) in [6.45, 7) is 0.730. The zero-order chi connectivity index (χ0) is 20.8. The Kier molecular flexibility index (Phi) is 4.34. The predicted molar refractivity (Wildman–Crippen MR) is 113 cm³/mol. The van der Waals surface area contributed by atoms with E-state index < -0.39 is 0 Å². The Labute approximate surface area is 171 Å². The molecule has 1 aromatic carbocycles. The average molecular weight is 406 g/mol. The van der Waals surface area contributed by atoms with Crippen LogP contribution in [0.4, 0.5) is 0 Å². The van der Waals surface area contributed by atoms with Crippen molar-refractivity contribution in [3.8, 4) is 11.5 Å². The summed E-state index contributed by atoms with van der Waals surface area (Å²) in [7, 11) is 3.19. The SMILES string of the molecule is COc1cccc(Cn2c(=O)n(CC3CC3)c(=O)c3c2nc2cc(OC)ccn23)c1. The number of methoxy groups -OCH3 is 2. The van der Waals surface area contributed by atoms with Crippen LogP contribution >= 0.6 is 0 Å². The van der Waals surface area contributed by atoms with E-state index in [-0.39, 0.29) is 11.2 Å². The van der Waals surface area contributed by atoms with Gasteiger partial charge < -0.3 is 9.47 Å². The molecular weight excluding hydrogens is 384 g/mol. The fourth-order valence-corrected chi connectivity index (χ4v) is 3.79. The molecule has 1 aliphatic carbocycles. The van der Waals surface area contributed by atoms with E-state index in [2.05, 4.69) is 4.98 Å². The standard InChI is InChI=1S/C22H22N4O4/c1-29-16-5-3-4-15(10-16)13-25-20-19(21(27)26(22(25)28)12-14-6-7-14)24-9-8-17(30-2)11-18(24)23-20/h3-5,8-11,14H,6-7,12-13H2,1-2H3. The Morgan fingerprint density at radius 3 is 2.53 bits per heavy atom. The molecule has 8 nitrogen and oxygen atoms in total. The number of hydrogen-bond donors (Lipinski definition) is 0. The third-order valence-electron chi connectivity index (χ3n) is 5.59. The molecule has 0 amide bonds. The van der Waals surface area contributed by atoms with Crippen molar-refractivity contribution in [2.45, 2.75) is 25.9 Å². The molecule has 3 heterocycles. The van der Waals surface area contributed by atoms with E-state index >= 15 is 0 Å². The summed E-state index contributed by atoms with van der Waals surface area (Å²) in [5.41, 5.74) is 1.58. The van der Waals surface area contributed by atoms with E-state index in [1.54, 1.807) is 41.5 Å². The first-order valence-electron chi connectivity index (χ1n) is 9.91. The van der Waals surface area contributed by atoms with E-state index in [9.17, 15) is 9.59 Å². The quantitative estimate of drug-likeness (QED) is 0.491. The minimum atomic E-state index is -0.336. The monoisotopic (exact) mass is 406 g/mol. The molecule has 3 aromatic heterocycles. The van der Waals surface area contributed by atoms with E-state index in [4.69, 9.17) is 9.47 Å². The minimum Gasteiger partial charge on any atom is -0.497 e. The van der Waals surface area contributed by atoms with Crippen LogP contribution in [-0.2, 0) is 13.1 Å². The van der Waals surface area contributed by atoms with Crippen molar-refractivity contribution >= 4 is 16.8 Å². The summed E-state index contributed by atoms with van der Waals surface area (Å²) in [6, 6.07) is 11.1. The van der Waals surface area contributed by atoms with Crippen molar-refractivity contribution in [2.75, 3.05) is 14.2 Å². The van der Waals surface area contributed by atoms with Gasteiger partial charge in [-0.05, 0) is 42.5 Å². The Morgan fingerprint density at radius 2 is 1.80 bits per heavy atom. The van der Waals surface area contributed by atoms with E-state index in [0.29, 0.717) is 47.3 Å². The average Bonchev–Trinajstić information content (AvgIpc) is 3.51. The zero-order valence-electron chi connectivity index (χ0n) is 16.9. The van der Waals surface area contributed by atoms with Crippen molar-refractivity contribution in [3.63, 3.8) is 0 Å². The van der Waals surface area contributed by atoms with E-state index in [0.717, 1.165) is 18.4 Å². The number of benzene rings is 1. The second-order valence-electron chi connectivity index (χ2n) is 7.66. The van der Waals surface area contributed by atoms with Gasteiger partial charge in [0.2, 0.25) is 0 Å². The highest BCUT2D eigenvalue weighted by Crippen LogP contribution is 2.30. The van der Waals surface area contributed by atoms with Gasteiger partial charge in [-0.3, -0.25) is 18.3 Å². The second kappa shape index (κ2) is 7.05. The fraction of sp³-hybridized carbons (Fsp3) is 0.318. The van der Waals surface area contributed by atoms with Gasteiger partial charge in [0.25, 0.3) is 5.56 Å². The van der Waals surface area contributed by atoms with Gasteiger partial charge in [0, 0.05) is 18.8 Å². The molecule has 5 rings (SSSR count). The number of rotatable bonds is 6. The molecule has 0 radical (unpaired) electrons. The van der Waals surface area contributed by atoms with Crippen molar-refractivity contribution in [1.29, 1.82) is 0 Å². The van der Waals surface area contributed by atoms with Gasteiger partial charge in [-0.2, -0.15) is 0 Å². The molecule has 0 aliphatic heterocycles. The molecule has 1 saturated carbocycles. The van der Waals surface area contributed by atoms with Gasteiger partial charge in [-0.25, -0.2) is 9.78 Å². The van der Waals surface area contributed by atoms with Crippen molar-refractivity contribution in [1.82, 2.24) is 18.5 Å². The highest BCUT2D eigenvalue weighted by Gasteiger charge is 2.26. The lowest BCUT2D eigenvalue weighted by atomic mass is 10.2. The maximum atomic E-state index is 13.3. The molecule has 0 atom stereocenters. The number of ether oxygens (including phenoxy) is 2. The molecule has 0 unspecified atom stereocenters. The van der Waals surface area contributed by atoms with Gasteiger partial charge in [-0.1, -0.05) is 12.1 Å². The lowest BCUT2D eigenvalue weighted by Gasteiger charge is -2.12. The number of hydrogen-bond acceptors (Lipinski definition) is 5. The van der Waals surface area contributed by atoms with Crippen LogP contribution in [-0.4, -0.2) is 32.7 Å². The molecule has 154 valence electrons. The highest BCUT2D eigenvalue weighted by atomic mass is 16.5. The molecule has 1 fully saturated rings. The normalized spacial score (nSPS) is 13.8. The first kappa shape index (κ1) is 18.5. The Hall–Kier alpha value is -3.55. The van der Waals surface area contributed by atoms with Crippen LogP contribution in [0.2, 0.25) is 0 Å². The summed E-state index contributed by atoms with van der Waals surface area (Å²) in [4.78, 5) is 31.3. The maximum absolute atomic E-state index is 13.3. The number of nitrogens with zero attached hydrogens (tertiary/aromatic N) is 4. The van der Waals surface area contributed by atoms with Crippen LogP contribution < -0.4 is 20.7 Å². The third kappa shape index (κ3) is 3.04. The summed E-state index contributed by atoms with van der Waals surface area (Å²) in [5.74, 6) is 1.73. The third-order valence-corrected chi connectivity index (χ3v) is 5.59. The molecule has 0 saturated heterocycles. The zero-order valence-corrected chi connectivity index (χ0v) is 16.9. The van der Waals surface area contributed by atoms with Crippen LogP contribution in [0, 0.1) is 5.92 Å². The van der Waals surface area contributed by atoms with Crippen LogP contribution in [0.25, 0.3) is 16.8 Å². The Morgan fingerprint density at radius 1 is 1.03 bits per heavy atom. The van der Waals surface area contributed by atoms with E-state index in [1.807, 2.05) is 24.3 Å². The van der Waals surface area contributed by atoms with Gasteiger partial charge in [0.1, 0.15) is 17.1 Å². The molecule has 0 N–H and O–H groups in total. The number of fused-ring (bicyclic) bond motifs is 3. The van der Waals surface area contributed by atoms with Gasteiger partial charge in [0.15, 0.2) is 11.2 Å². The lowest BCUT2D eigenvalue weighted by Crippen LogP contribution is -2.41. The summed E-state index contributed by atoms with van der Waals surface area (Å²) < 4.78 is 15.3. The van der Waals surface area contributed by atoms with Crippen LogP contribution in [0.1, 0.15) is 18.4 Å². The minimum absolute atomic E-state index is 0.290. The van der Waals surface area contributed by atoms with Gasteiger partial charge in [-0.15, -0.1) is 0 Å². The lowest BCUT2D eigenvalue weighted by molar-refractivity contribution is 0.414. The molecule has 0 spiro atoms. The smallest absolute Gasteiger partial charge is 0.333 e. The van der Waals surface area contributed by atoms with Crippen molar-refractivity contribution in [2.24, 2.45) is 5.92 Å². The van der Waals surface area contributed by atoms with E-state index in [1.165, 1.54) is 4.57 Å². The second-order valence-corrected chi connectivity index (χ2v) is 7.66. The van der Waals surface area contributed by atoms with Gasteiger partial charge in [0.05, 0.1) is 20.8 Å². The first-order valence-corrected chi connectivity index (χ1v) is 9.91. The summed E-state index contributed by atoms with van der Waals surface area (Å²) >= 11 is 0. The number of pyridine rings is 1. The highest BCUT2D eigenvalue weighted by molar-refractivity contribution is 5.77. The fourth-order valence-electron chi connectivity index (χ4n) is 3.79. The molecule has 1 aliphatic rings. The topological polar surface area (TPSA) is 79.8 Å². The molecule has 8 heteroatoms. The molecular formula is C22H22N4O4. The Balaban J connectivity index is 1.78. The van der Waals surface area contributed by atoms with Crippen molar-refractivity contribution < 1.29 is 9.47 Å². The number of imidazole rings is 1. The summed E-state index contributed by atoms with van der Waals surface area (Å²) in [5, 5.41) is 0. The predicted octanol–water partition coefficient (Wildman–Crippen LogP) is 2.29. The first-order chi connectivity index (χ1) is 14.6.